The third-order valence-electron chi connectivity index (χ3n) is 5.29. The van der Waals surface area contributed by atoms with Crippen LogP contribution in [0.25, 0.3) is 10.9 Å². The summed E-state index contributed by atoms with van der Waals surface area (Å²) in [6.07, 6.45) is -1.64. The highest BCUT2D eigenvalue weighted by molar-refractivity contribution is 7.90. The number of alkyl halides is 2. The van der Waals surface area contributed by atoms with Gasteiger partial charge >= 0.3 is 0 Å². The third-order valence-corrected chi connectivity index (χ3v) is 7.21. The molecule has 0 spiro atoms. The largest absolute Gasteiger partial charge is 0.391 e. The number of benzene rings is 2. The Bertz CT molecular complexity index is 1210. The summed E-state index contributed by atoms with van der Waals surface area (Å²) in [6.45, 7) is 2.56. The lowest BCUT2D eigenvalue weighted by atomic mass is 10.1. The number of fused-ring (bicyclic) bond motifs is 1. The van der Waals surface area contributed by atoms with E-state index in [-0.39, 0.29) is 26.6 Å². The van der Waals surface area contributed by atoms with Gasteiger partial charge in [-0.2, -0.15) is 12.5 Å². The number of nitrogens with zero attached hydrogens (tertiary/aromatic N) is 3. The van der Waals surface area contributed by atoms with Gasteiger partial charge in [0.1, 0.15) is 0 Å². The first kappa shape index (κ1) is 21.0. The summed E-state index contributed by atoms with van der Waals surface area (Å²) in [5.74, 6) is -3.04. The zero-order valence-electron chi connectivity index (χ0n) is 16.3. The van der Waals surface area contributed by atoms with Gasteiger partial charge in [-0.1, -0.05) is 35.4 Å². The molecule has 3 aromatic rings. The van der Waals surface area contributed by atoms with Crippen LogP contribution in [0.15, 0.2) is 47.4 Å². The van der Waals surface area contributed by atoms with E-state index in [2.05, 4.69) is 5.10 Å². The minimum Gasteiger partial charge on any atom is -0.391 e. The molecule has 0 aliphatic carbocycles. The molecule has 1 N–H and O–H groups in total. The van der Waals surface area contributed by atoms with Crippen molar-refractivity contribution in [2.75, 3.05) is 11.4 Å². The molecule has 1 aliphatic rings. The molecular formula is C20H20ClF2N3O3S. The minimum absolute atomic E-state index is 0.00867. The molecule has 1 saturated heterocycles. The molecule has 0 saturated carbocycles. The van der Waals surface area contributed by atoms with Crippen molar-refractivity contribution >= 4 is 38.3 Å². The van der Waals surface area contributed by atoms with Crippen molar-refractivity contribution in [2.45, 2.75) is 43.2 Å². The Morgan fingerprint density at radius 1 is 1.23 bits per heavy atom. The average Bonchev–Trinajstić information content (AvgIpc) is 3.21. The monoisotopic (exact) mass is 455 g/mol. The first-order valence-corrected chi connectivity index (χ1v) is 11.1. The van der Waals surface area contributed by atoms with E-state index in [1.807, 2.05) is 6.92 Å². The van der Waals surface area contributed by atoms with Crippen LogP contribution in [0.2, 0.25) is 5.02 Å². The second-order valence-corrected chi connectivity index (χ2v) is 9.79. The number of hydrogen-bond donors (Lipinski definition) is 1. The molecule has 2 aromatic carbocycles. The van der Waals surface area contributed by atoms with E-state index in [0.717, 1.165) is 9.65 Å². The van der Waals surface area contributed by atoms with Gasteiger partial charge < -0.3 is 10.0 Å². The maximum Gasteiger partial charge on any atom is 0.283 e. The Labute approximate surface area is 177 Å². The van der Waals surface area contributed by atoms with Crippen molar-refractivity contribution in [2.24, 2.45) is 0 Å². The van der Waals surface area contributed by atoms with E-state index < -0.39 is 41.1 Å². The molecule has 0 bridgehead atoms. The zero-order valence-corrected chi connectivity index (χ0v) is 17.8. The lowest BCUT2D eigenvalue weighted by Gasteiger charge is -2.26. The summed E-state index contributed by atoms with van der Waals surface area (Å²) in [7, 11) is -4.10. The van der Waals surface area contributed by atoms with Crippen LogP contribution in [0, 0.1) is 6.92 Å². The predicted molar refractivity (Wildman–Crippen MR) is 111 cm³/mol. The number of halogens is 3. The van der Waals surface area contributed by atoms with E-state index in [0.29, 0.717) is 0 Å². The Morgan fingerprint density at radius 3 is 2.53 bits per heavy atom. The first-order valence-electron chi connectivity index (χ1n) is 9.33. The molecule has 160 valence electrons. The fraction of sp³-hybridized carbons (Fsp3) is 0.350. The second kappa shape index (κ2) is 7.18. The summed E-state index contributed by atoms with van der Waals surface area (Å²) in [5.41, 5.74) is 1.07. The molecule has 1 aliphatic heterocycles. The Morgan fingerprint density at radius 2 is 1.90 bits per heavy atom. The van der Waals surface area contributed by atoms with Crippen LogP contribution in [-0.2, 0) is 10.0 Å². The van der Waals surface area contributed by atoms with Crippen LogP contribution in [-0.4, -0.2) is 47.3 Å². The number of aromatic nitrogens is 2. The Kier molecular flexibility index (Phi) is 5.03. The maximum atomic E-state index is 14.2. The van der Waals surface area contributed by atoms with Gasteiger partial charge in [0.05, 0.1) is 39.5 Å². The summed E-state index contributed by atoms with van der Waals surface area (Å²) < 4.78 is 55.8. The van der Waals surface area contributed by atoms with Gasteiger partial charge in [0, 0.05) is 6.42 Å². The molecule has 1 fully saturated rings. The molecule has 1 unspecified atom stereocenters. The SMILES string of the molecule is Cc1ccc(S(=O)(=O)n2nc(N3CC(F)(F)C[C@@H]3C(C)O)c3c(Cl)cccc32)cc1. The normalized spacial score (nSPS) is 20.1. The number of aryl methyl sites for hydroxylation is 1. The van der Waals surface area contributed by atoms with Crippen LogP contribution in [0.3, 0.4) is 0 Å². The molecule has 10 heteroatoms. The summed E-state index contributed by atoms with van der Waals surface area (Å²) >= 11 is 6.34. The van der Waals surface area contributed by atoms with Crippen LogP contribution in [0.4, 0.5) is 14.6 Å². The molecule has 2 heterocycles. The third kappa shape index (κ3) is 3.44. The van der Waals surface area contributed by atoms with Gasteiger partial charge in [-0.25, -0.2) is 8.78 Å². The molecule has 0 radical (unpaired) electrons. The molecule has 1 aromatic heterocycles. The molecule has 4 rings (SSSR count). The maximum absolute atomic E-state index is 14.2. The fourth-order valence-electron chi connectivity index (χ4n) is 3.79. The van der Waals surface area contributed by atoms with Gasteiger partial charge in [0.25, 0.3) is 15.9 Å². The van der Waals surface area contributed by atoms with Crippen molar-refractivity contribution < 1.29 is 22.3 Å². The van der Waals surface area contributed by atoms with Crippen LogP contribution >= 0.6 is 11.6 Å². The number of anilines is 1. The van der Waals surface area contributed by atoms with Gasteiger partial charge in [-0.05, 0) is 38.1 Å². The highest BCUT2D eigenvalue weighted by Crippen LogP contribution is 2.41. The van der Waals surface area contributed by atoms with E-state index >= 15 is 0 Å². The molecule has 2 atom stereocenters. The number of hydrogen-bond acceptors (Lipinski definition) is 5. The van der Waals surface area contributed by atoms with Gasteiger partial charge in [-0.3, -0.25) is 0 Å². The summed E-state index contributed by atoms with van der Waals surface area (Å²) in [6, 6.07) is 9.97. The topological polar surface area (TPSA) is 75.4 Å². The first-order chi connectivity index (χ1) is 14.0. The molecular weight excluding hydrogens is 436 g/mol. The average molecular weight is 456 g/mol. The molecule has 0 amide bonds. The van der Waals surface area contributed by atoms with Crippen molar-refractivity contribution in [3.8, 4) is 0 Å². The lowest BCUT2D eigenvalue weighted by Crippen LogP contribution is -2.38. The van der Waals surface area contributed by atoms with Crippen molar-refractivity contribution in [1.82, 2.24) is 9.19 Å². The smallest absolute Gasteiger partial charge is 0.283 e. The van der Waals surface area contributed by atoms with Crippen LogP contribution < -0.4 is 4.90 Å². The van der Waals surface area contributed by atoms with Crippen molar-refractivity contribution in [3.63, 3.8) is 0 Å². The Hall–Kier alpha value is -2.23. The van der Waals surface area contributed by atoms with Gasteiger partial charge in [-0.15, -0.1) is 5.10 Å². The fourth-order valence-corrected chi connectivity index (χ4v) is 5.32. The van der Waals surface area contributed by atoms with Gasteiger partial charge in [0.15, 0.2) is 5.82 Å². The van der Waals surface area contributed by atoms with E-state index in [9.17, 15) is 22.3 Å². The number of rotatable bonds is 4. The Balaban J connectivity index is 1.95. The van der Waals surface area contributed by atoms with Crippen LogP contribution in [0.1, 0.15) is 18.9 Å². The number of aliphatic hydroxyl groups excluding tert-OH is 1. The highest BCUT2D eigenvalue weighted by atomic mass is 35.5. The van der Waals surface area contributed by atoms with E-state index in [4.69, 9.17) is 11.6 Å². The highest BCUT2D eigenvalue weighted by Gasteiger charge is 2.48. The van der Waals surface area contributed by atoms with Gasteiger partial charge in [0.2, 0.25) is 0 Å². The predicted octanol–water partition coefficient (Wildman–Crippen LogP) is 3.83. The quantitative estimate of drug-likeness (QED) is 0.647. The lowest BCUT2D eigenvalue weighted by molar-refractivity contribution is 0.0159. The van der Waals surface area contributed by atoms with E-state index in [1.54, 1.807) is 24.3 Å². The summed E-state index contributed by atoms with van der Waals surface area (Å²) in [5, 5.41) is 14.7. The van der Waals surface area contributed by atoms with E-state index in [1.165, 1.54) is 30.0 Å². The zero-order chi connectivity index (χ0) is 21.8. The van der Waals surface area contributed by atoms with Crippen LogP contribution in [0.5, 0.6) is 0 Å². The second-order valence-electron chi connectivity index (χ2n) is 7.61. The molecule has 30 heavy (non-hydrogen) atoms. The van der Waals surface area contributed by atoms with Crippen molar-refractivity contribution in [3.05, 3.63) is 53.1 Å². The van der Waals surface area contributed by atoms with Crippen molar-refractivity contribution in [1.29, 1.82) is 0 Å². The standard InChI is InChI=1S/C20H20ClF2N3O3S/c1-12-6-8-14(9-7-12)30(28,29)26-16-5-3-4-15(21)18(16)19(24-26)25-11-20(22,23)10-17(25)13(2)27/h3-9,13,17,27H,10-11H2,1-2H3/t13?,17-/m1/s1. The molecule has 6 nitrogen and oxygen atoms in total. The number of aliphatic hydroxyl groups is 1. The summed E-state index contributed by atoms with van der Waals surface area (Å²) in [4.78, 5) is 1.27. The minimum atomic E-state index is -4.10.